The van der Waals surface area contributed by atoms with E-state index in [1.54, 1.807) is 0 Å². The van der Waals surface area contributed by atoms with Gasteiger partial charge in [0.25, 0.3) is 0 Å². The first-order valence-corrected chi connectivity index (χ1v) is 6.81. The number of allylic oxidation sites excluding steroid dienone is 1. The van der Waals surface area contributed by atoms with Crippen LogP contribution in [-0.2, 0) is 0 Å². The van der Waals surface area contributed by atoms with Gasteiger partial charge in [0, 0.05) is 0 Å². The van der Waals surface area contributed by atoms with Gasteiger partial charge in [-0.25, -0.2) is 0 Å². The van der Waals surface area contributed by atoms with Gasteiger partial charge in [-0.05, 0) is 55.3 Å². The molecule has 0 saturated heterocycles. The number of aliphatic hydroxyl groups excluding tert-OH is 1. The molecule has 1 heteroatoms. The third kappa shape index (κ3) is 1.84. The topological polar surface area (TPSA) is 20.2 Å². The average Bonchev–Trinajstić information content (AvgIpc) is 2.55. The predicted octanol–water partition coefficient (Wildman–Crippen LogP) is 3.78. The summed E-state index contributed by atoms with van der Waals surface area (Å²) >= 11 is 0. The molecule has 0 heterocycles. The quantitative estimate of drug-likeness (QED) is 0.705. The Hall–Kier alpha value is -0.300. The Morgan fingerprint density at radius 3 is 2.69 bits per heavy atom. The van der Waals surface area contributed by atoms with Crippen LogP contribution in [0.3, 0.4) is 0 Å². The van der Waals surface area contributed by atoms with E-state index in [0.29, 0.717) is 23.2 Å². The van der Waals surface area contributed by atoms with Crippen LogP contribution in [0.2, 0.25) is 0 Å². The highest BCUT2D eigenvalue weighted by atomic mass is 16.3. The highest BCUT2D eigenvalue weighted by Gasteiger charge is 2.50. The van der Waals surface area contributed by atoms with Crippen molar-refractivity contribution in [3.05, 3.63) is 12.2 Å². The van der Waals surface area contributed by atoms with Gasteiger partial charge in [-0.2, -0.15) is 0 Å². The molecule has 0 aromatic rings. The van der Waals surface area contributed by atoms with E-state index in [4.69, 9.17) is 0 Å². The number of hydrogen-bond donors (Lipinski definition) is 1. The van der Waals surface area contributed by atoms with Gasteiger partial charge in [-0.1, -0.05) is 32.9 Å². The number of aliphatic hydroxyl groups is 1. The Morgan fingerprint density at radius 2 is 2.06 bits per heavy atom. The van der Waals surface area contributed by atoms with E-state index >= 15 is 0 Å². The van der Waals surface area contributed by atoms with Crippen molar-refractivity contribution >= 4 is 0 Å². The van der Waals surface area contributed by atoms with Crippen LogP contribution in [0, 0.1) is 23.2 Å². The third-order valence-corrected chi connectivity index (χ3v) is 5.04. The number of hydrogen-bond acceptors (Lipinski definition) is 1. The molecule has 0 aliphatic heterocycles. The number of fused-ring (bicyclic) bond motifs is 1. The van der Waals surface area contributed by atoms with E-state index in [1.165, 1.54) is 37.7 Å². The SMILES string of the molecule is C=C1CCC[C@@]2(C)CC[C@H]([C@@H](O)C(C)C)[C@@H]12. The zero-order valence-electron chi connectivity index (χ0n) is 11.0. The van der Waals surface area contributed by atoms with Gasteiger partial charge in [0.2, 0.25) is 0 Å². The molecule has 2 rings (SSSR count). The van der Waals surface area contributed by atoms with E-state index in [9.17, 15) is 5.11 Å². The highest BCUT2D eigenvalue weighted by molar-refractivity contribution is 5.16. The van der Waals surface area contributed by atoms with E-state index in [0.717, 1.165) is 0 Å². The van der Waals surface area contributed by atoms with Crippen molar-refractivity contribution < 1.29 is 5.11 Å². The standard InChI is InChI=1S/C15H26O/c1-10(2)14(16)12-7-9-15(4)8-5-6-11(3)13(12)15/h10,12-14,16H,3,5-9H2,1-2,4H3/t12-,13+,14-,15-/m0/s1. The molecule has 2 aliphatic carbocycles. The molecule has 2 aliphatic rings. The maximum atomic E-state index is 10.4. The lowest BCUT2D eigenvalue weighted by Gasteiger charge is -2.41. The molecule has 16 heavy (non-hydrogen) atoms. The summed E-state index contributed by atoms with van der Waals surface area (Å²) in [6, 6.07) is 0. The molecule has 0 radical (unpaired) electrons. The van der Waals surface area contributed by atoms with Crippen LogP contribution in [0.5, 0.6) is 0 Å². The summed E-state index contributed by atoms with van der Waals surface area (Å²) in [5.74, 6) is 1.43. The van der Waals surface area contributed by atoms with E-state index in [1.807, 2.05) is 0 Å². The summed E-state index contributed by atoms with van der Waals surface area (Å²) in [5, 5.41) is 10.4. The third-order valence-electron chi connectivity index (χ3n) is 5.04. The largest absolute Gasteiger partial charge is 0.393 e. The second-order valence-electron chi connectivity index (χ2n) is 6.58. The molecule has 92 valence electrons. The summed E-state index contributed by atoms with van der Waals surface area (Å²) in [7, 11) is 0. The van der Waals surface area contributed by atoms with E-state index in [2.05, 4.69) is 27.4 Å². The van der Waals surface area contributed by atoms with E-state index < -0.39 is 0 Å². The first-order valence-electron chi connectivity index (χ1n) is 6.81. The van der Waals surface area contributed by atoms with Crippen LogP contribution in [0.25, 0.3) is 0 Å². The summed E-state index contributed by atoms with van der Waals surface area (Å²) < 4.78 is 0. The molecule has 2 saturated carbocycles. The molecule has 0 spiro atoms. The van der Waals surface area contributed by atoms with E-state index in [-0.39, 0.29) is 6.10 Å². The molecular formula is C15H26O. The summed E-state index contributed by atoms with van der Waals surface area (Å²) in [4.78, 5) is 0. The van der Waals surface area contributed by atoms with Gasteiger partial charge >= 0.3 is 0 Å². The Kier molecular flexibility index (Phi) is 3.18. The van der Waals surface area contributed by atoms with Crippen molar-refractivity contribution in [2.24, 2.45) is 23.2 Å². The Morgan fingerprint density at radius 1 is 1.38 bits per heavy atom. The molecule has 0 aromatic heterocycles. The molecule has 4 atom stereocenters. The molecule has 2 fully saturated rings. The minimum atomic E-state index is -0.137. The van der Waals surface area contributed by atoms with Crippen LogP contribution < -0.4 is 0 Å². The molecule has 0 bridgehead atoms. The molecule has 0 unspecified atom stereocenters. The van der Waals surface area contributed by atoms with Gasteiger partial charge in [0.05, 0.1) is 6.10 Å². The monoisotopic (exact) mass is 222 g/mol. The van der Waals surface area contributed by atoms with Crippen molar-refractivity contribution in [1.29, 1.82) is 0 Å². The zero-order valence-corrected chi connectivity index (χ0v) is 11.0. The van der Waals surface area contributed by atoms with Crippen LogP contribution in [0.4, 0.5) is 0 Å². The summed E-state index contributed by atoms with van der Waals surface area (Å²) in [6.07, 6.45) is 6.15. The van der Waals surface area contributed by atoms with Crippen molar-refractivity contribution in [3.8, 4) is 0 Å². The smallest absolute Gasteiger partial charge is 0.0597 e. The normalized spacial score (nSPS) is 41.2. The fourth-order valence-electron chi connectivity index (χ4n) is 4.15. The maximum absolute atomic E-state index is 10.4. The molecule has 1 N–H and O–H groups in total. The molecule has 0 aromatic carbocycles. The summed E-state index contributed by atoms with van der Waals surface area (Å²) in [6.45, 7) is 11.0. The Bertz CT molecular complexity index is 281. The first-order chi connectivity index (χ1) is 7.46. The van der Waals surface area contributed by atoms with Gasteiger partial charge in [0.1, 0.15) is 0 Å². The molecule has 1 nitrogen and oxygen atoms in total. The van der Waals surface area contributed by atoms with Crippen molar-refractivity contribution in [1.82, 2.24) is 0 Å². The first kappa shape index (κ1) is 12.2. The van der Waals surface area contributed by atoms with Crippen LogP contribution >= 0.6 is 0 Å². The molecule has 0 amide bonds. The van der Waals surface area contributed by atoms with Crippen LogP contribution in [0.15, 0.2) is 12.2 Å². The summed E-state index contributed by atoms with van der Waals surface area (Å²) in [5.41, 5.74) is 1.85. The van der Waals surface area contributed by atoms with Crippen molar-refractivity contribution in [2.45, 2.75) is 59.0 Å². The minimum absolute atomic E-state index is 0.137. The Balaban J connectivity index is 2.21. The van der Waals surface area contributed by atoms with Gasteiger partial charge in [0.15, 0.2) is 0 Å². The lowest BCUT2D eigenvalue weighted by atomic mass is 9.64. The second-order valence-corrected chi connectivity index (χ2v) is 6.58. The van der Waals surface area contributed by atoms with Crippen molar-refractivity contribution in [2.75, 3.05) is 0 Å². The molecular weight excluding hydrogens is 196 g/mol. The fourth-order valence-corrected chi connectivity index (χ4v) is 4.15. The lowest BCUT2D eigenvalue weighted by Crippen LogP contribution is -2.36. The predicted molar refractivity (Wildman–Crippen MR) is 68.2 cm³/mol. The highest BCUT2D eigenvalue weighted by Crippen LogP contribution is 2.57. The zero-order chi connectivity index (χ0) is 11.9. The van der Waals surface area contributed by atoms with Crippen molar-refractivity contribution in [3.63, 3.8) is 0 Å². The maximum Gasteiger partial charge on any atom is 0.0597 e. The second kappa shape index (κ2) is 4.18. The number of rotatable bonds is 2. The van der Waals surface area contributed by atoms with Gasteiger partial charge in [-0.3, -0.25) is 0 Å². The van der Waals surface area contributed by atoms with Gasteiger partial charge < -0.3 is 5.11 Å². The average molecular weight is 222 g/mol. The van der Waals surface area contributed by atoms with Crippen LogP contribution in [-0.4, -0.2) is 11.2 Å². The van der Waals surface area contributed by atoms with Gasteiger partial charge in [-0.15, -0.1) is 0 Å². The minimum Gasteiger partial charge on any atom is -0.393 e. The lowest BCUT2D eigenvalue weighted by molar-refractivity contribution is 0.0320. The van der Waals surface area contributed by atoms with Crippen LogP contribution in [0.1, 0.15) is 52.9 Å². The Labute approximate surface area is 99.9 Å². The fraction of sp³-hybridized carbons (Fsp3) is 0.867.